The van der Waals surface area contributed by atoms with E-state index < -0.39 is 11.9 Å². The van der Waals surface area contributed by atoms with Crippen LogP contribution >= 0.6 is 11.8 Å². The predicted octanol–water partition coefficient (Wildman–Crippen LogP) is 2.54. The van der Waals surface area contributed by atoms with Crippen LogP contribution in [0.5, 0.6) is 0 Å². The van der Waals surface area contributed by atoms with Gasteiger partial charge < -0.3 is 19.4 Å². The van der Waals surface area contributed by atoms with Crippen molar-refractivity contribution in [2.24, 2.45) is 0 Å². The zero-order chi connectivity index (χ0) is 21.2. The molecule has 0 aliphatic rings. The molecule has 0 bridgehead atoms. The lowest BCUT2D eigenvalue weighted by molar-refractivity contribution is -0.154. The van der Waals surface area contributed by atoms with Crippen LogP contribution in [0, 0.1) is 0 Å². The Bertz CT molecular complexity index is 852. The summed E-state index contributed by atoms with van der Waals surface area (Å²) in [5.74, 6) is -1.25. The highest BCUT2D eigenvalue weighted by molar-refractivity contribution is 7.99. The van der Waals surface area contributed by atoms with E-state index in [2.05, 4.69) is 15.0 Å². The average Bonchev–Trinajstić information content (AvgIpc) is 3.04. The van der Waals surface area contributed by atoms with E-state index in [0.29, 0.717) is 23.9 Å². The second-order valence-corrected chi connectivity index (χ2v) is 7.42. The van der Waals surface area contributed by atoms with Crippen molar-refractivity contribution in [1.29, 1.82) is 0 Å². The van der Waals surface area contributed by atoms with Crippen molar-refractivity contribution < 1.29 is 23.9 Å². The fourth-order valence-electron chi connectivity index (χ4n) is 2.50. The number of para-hydroxylation sites is 2. The monoisotopic (exact) mass is 421 g/mol. The maximum absolute atomic E-state index is 12.3. The van der Waals surface area contributed by atoms with Crippen molar-refractivity contribution in [2.45, 2.75) is 51.4 Å². The number of fused-ring (bicyclic) bond motifs is 1. The van der Waals surface area contributed by atoms with E-state index >= 15 is 0 Å². The van der Waals surface area contributed by atoms with Crippen LogP contribution in [0.15, 0.2) is 29.4 Å². The maximum Gasteiger partial charge on any atom is 0.396 e. The van der Waals surface area contributed by atoms with Gasteiger partial charge in [0.1, 0.15) is 6.54 Å². The Balaban J connectivity index is 1.95. The first-order valence-corrected chi connectivity index (χ1v) is 10.7. The Morgan fingerprint density at radius 2 is 2.00 bits per heavy atom. The van der Waals surface area contributed by atoms with Gasteiger partial charge >= 0.3 is 17.8 Å². The van der Waals surface area contributed by atoms with Crippen molar-refractivity contribution >= 4 is 40.6 Å². The van der Waals surface area contributed by atoms with E-state index in [1.807, 2.05) is 42.7 Å². The summed E-state index contributed by atoms with van der Waals surface area (Å²) >= 11 is 1.49. The molecule has 2 rings (SSSR count). The Hall–Kier alpha value is -2.55. The van der Waals surface area contributed by atoms with E-state index in [1.165, 1.54) is 11.8 Å². The molecule has 0 radical (unpaired) electrons. The molecule has 0 saturated carbocycles. The summed E-state index contributed by atoms with van der Waals surface area (Å²) in [6, 6.07) is 7.62. The number of hydrogen-bond acceptors (Lipinski definition) is 7. The molecule has 1 heterocycles. The number of imidazole rings is 1. The van der Waals surface area contributed by atoms with Crippen molar-refractivity contribution in [3.8, 4) is 0 Å². The van der Waals surface area contributed by atoms with Gasteiger partial charge in [-0.25, -0.2) is 9.78 Å². The standard InChI is InChI=1S/C20H27N3O5S/c1-4-14(3)28-17(24)13-23-16-10-7-6-9-15(16)22-20(23)29-12-8-11-21-18(25)19(26)27-5-2/h6-7,9-10,14H,4-5,8,11-13H2,1-3H3,(H,21,25). The van der Waals surface area contributed by atoms with Gasteiger partial charge in [-0.3, -0.25) is 9.59 Å². The number of rotatable bonds is 10. The number of carbonyl (C=O) groups is 3. The number of aromatic nitrogens is 2. The molecule has 9 heteroatoms. The van der Waals surface area contributed by atoms with Crippen LogP contribution in [-0.4, -0.2) is 52.4 Å². The molecular formula is C20H27N3O5S. The highest BCUT2D eigenvalue weighted by atomic mass is 32.2. The molecule has 1 aromatic carbocycles. The van der Waals surface area contributed by atoms with Crippen LogP contribution in [0.25, 0.3) is 11.0 Å². The number of ether oxygens (including phenoxy) is 2. The largest absolute Gasteiger partial charge is 0.461 e. The second-order valence-electron chi connectivity index (χ2n) is 6.36. The topological polar surface area (TPSA) is 99.5 Å². The molecule has 29 heavy (non-hydrogen) atoms. The number of amides is 1. The molecule has 0 aliphatic carbocycles. The summed E-state index contributed by atoms with van der Waals surface area (Å²) in [5, 5.41) is 3.24. The summed E-state index contributed by atoms with van der Waals surface area (Å²) in [7, 11) is 0. The zero-order valence-corrected chi connectivity index (χ0v) is 17.8. The quantitative estimate of drug-likeness (QED) is 0.272. The third kappa shape index (κ3) is 6.77. The lowest BCUT2D eigenvalue weighted by Crippen LogP contribution is -2.33. The summed E-state index contributed by atoms with van der Waals surface area (Å²) in [6.07, 6.45) is 1.27. The molecule has 8 nitrogen and oxygen atoms in total. The van der Waals surface area contributed by atoms with Crippen LogP contribution in [-0.2, 0) is 30.4 Å². The number of carbonyl (C=O) groups excluding carboxylic acids is 3. The highest BCUT2D eigenvalue weighted by Crippen LogP contribution is 2.24. The predicted molar refractivity (Wildman–Crippen MR) is 111 cm³/mol. The Morgan fingerprint density at radius 3 is 2.72 bits per heavy atom. The molecule has 1 N–H and O–H groups in total. The molecule has 1 amide bonds. The fraction of sp³-hybridized carbons (Fsp3) is 0.500. The molecule has 0 spiro atoms. The number of hydrogen-bond donors (Lipinski definition) is 1. The van der Waals surface area contributed by atoms with Gasteiger partial charge in [0.15, 0.2) is 5.16 Å². The van der Waals surface area contributed by atoms with E-state index in [1.54, 1.807) is 6.92 Å². The summed E-state index contributed by atoms with van der Waals surface area (Å²) in [6.45, 7) is 6.08. The Labute approximate surface area is 174 Å². The SMILES string of the molecule is CCOC(=O)C(=O)NCCCSc1nc2ccccc2n1CC(=O)OC(C)CC. The van der Waals surface area contributed by atoms with Crippen molar-refractivity contribution in [2.75, 3.05) is 18.9 Å². The first-order valence-electron chi connectivity index (χ1n) is 9.68. The third-order valence-electron chi connectivity index (χ3n) is 4.11. The van der Waals surface area contributed by atoms with Crippen molar-refractivity contribution in [3.63, 3.8) is 0 Å². The van der Waals surface area contributed by atoms with Gasteiger partial charge in [-0.2, -0.15) is 0 Å². The Morgan fingerprint density at radius 1 is 1.24 bits per heavy atom. The summed E-state index contributed by atoms with van der Waals surface area (Å²) in [4.78, 5) is 39.7. The van der Waals surface area contributed by atoms with Crippen LogP contribution in [0.1, 0.15) is 33.6 Å². The van der Waals surface area contributed by atoms with E-state index in [9.17, 15) is 14.4 Å². The number of benzene rings is 1. The fourth-order valence-corrected chi connectivity index (χ4v) is 3.45. The number of esters is 2. The average molecular weight is 422 g/mol. The van der Waals surface area contributed by atoms with Crippen LogP contribution in [0.4, 0.5) is 0 Å². The van der Waals surface area contributed by atoms with Crippen LogP contribution < -0.4 is 5.32 Å². The van der Waals surface area contributed by atoms with Crippen molar-refractivity contribution in [1.82, 2.24) is 14.9 Å². The molecule has 2 aromatic rings. The summed E-state index contributed by atoms with van der Waals surface area (Å²) in [5.41, 5.74) is 1.67. The van der Waals surface area contributed by atoms with Gasteiger partial charge in [0, 0.05) is 12.3 Å². The molecule has 158 valence electrons. The minimum Gasteiger partial charge on any atom is -0.461 e. The molecule has 0 fully saturated rings. The molecule has 0 saturated heterocycles. The lowest BCUT2D eigenvalue weighted by Gasteiger charge is -2.13. The lowest BCUT2D eigenvalue weighted by atomic mass is 10.3. The van der Waals surface area contributed by atoms with E-state index in [0.717, 1.165) is 17.5 Å². The van der Waals surface area contributed by atoms with Gasteiger partial charge in [0.25, 0.3) is 0 Å². The molecule has 0 aliphatic heterocycles. The van der Waals surface area contributed by atoms with Crippen LogP contribution in [0.3, 0.4) is 0 Å². The maximum atomic E-state index is 12.3. The second kappa shape index (κ2) is 11.5. The molecule has 1 atom stereocenters. The first kappa shape index (κ1) is 22.7. The minimum atomic E-state index is -0.873. The molecular weight excluding hydrogens is 394 g/mol. The van der Waals surface area contributed by atoms with Gasteiger partial charge in [0.2, 0.25) is 0 Å². The molecule has 1 unspecified atom stereocenters. The normalized spacial score (nSPS) is 11.8. The number of nitrogens with one attached hydrogen (secondary N) is 1. The number of thioether (sulfide) groups is 1. The van der Waals surface area contributed by atoms with Gasteiger partial charge in [0.05, 0.1) is 23.7 Å². The van der Waals surface area contributed by atoms with E-state index in [-0.39, 0.29) is 25.2 Å². The zero-order valence-electron chi connectivity index (χ0n) is 17.0. The van der Waals surface area contributed by atoms with Gasteiger partial charge in [-0.05, 0) is 38.8 Å². The summed E-state index contributed by atoms with van der Waals surface area (Å²) < 4.78 is 11.9. The van der Waals surface area contributed by atoms with Gasteiger partial charge in [-0.15, -0.1) is 0 Å². The number of nitrogens with zero attached hydrogens (tertiary/aromatic N) is 2. The molecule has 1 aromatic heterocycles. The third-order valence-corrected chi connectivity index (χ3v) is 5.18. The van der Waals surface area contributed by atoms with Gasteiger partial charge in [-0.1, -0.05) is 30.8 Å². The minimum absolute atomic E-state index is 0.0901. The Kier molecular flexibility index (Phi) is 8.98. The smallest absolute Gasteiger partial charge is 0.396 e. The highest BCUT2D eigenvalue weighted by Gasteiger charge is 2.17. The van der Waals surface area contributed by atoms with E-state index in [4.69, 9.17) is 4.74 Å². The van der Waals surface area contributed by atoms with Crippen LogP contribution in [0.2, 0.25) is 0 Å². The first-order chi connectivity index (χ1) is 14.0. The van der Waals surface area contributed by atoms with Crippen molar-refractivity contribution in [3.05, 3.63) is 24.3 Å².